The number of sulfonamides is 1. The molecule has 2 unspecified atom stereocenters. The second-order valence-corrected chi connectivity index (χ2v) is 9.88. The van der Waals surface area contributed by atoms with Gasteiger partial charge in [-0.2, -0.15) is 4.31 Å². The maximum Gasteiger partial charge on any atom is 0.243 e. The molecule has 0 saturated carbocycles. The van der Waals surface area contributed by atoms with Gasteiger partial charge in [0.25, 0.3) is 0 Å². The number of benzene rings is 2. The largest absolute Gasteiger partial charge is 0.348 e. The fraction of sp³-hybridized carbons (Fsp3) is 0.409. The molecule has 0 spiro atoms. The van der Waals surface area contributed by atoms with E-state index in [0.29, 0.717) is 24.4 Å². The fourth-order valence-corrected chi connectivity index (χ4v) is 5.70. The Morgan fingerprint density at radius 3 is 2.52 bits per heavy atom. The lowest BCUT2D eigenvalue weighted by molar-refractivity contribution is -0.125. The van der Waals surface area contributed by atoms with E-state index in [-0.39, 0.29) is 16.8 Å². The molecule has 2 aromatic carbocycles. The van der Waals surface area contributed by atoms with Gasteiger partial charge in [0.05, 0.1) is 10.9 Å². The number of aryl methyl sites for hydroxylation is 2. The number of rotatable bonds is 6. The quantitative estimate of drug-likeness (QED) is 0.733. The van der Waals surface area contributed by atoms with Gasteiger partial charge >= 0.3 is 0 Å². The van der Waals surface area contributed by atoms with Crippen LogP contribution in [0.15, 0.2) is 47.4 Å². The van der Waals surface area contributed by atoms with Crippen LogP contribution in [0.25, 0.3) is 0 Å². The molecule has 0 radical (unpaired) electrons. The van der Waals surface area contributed by atoms with Gasteiger partial charge in [-0.15, -0.1) is 0 Å². The highest BCUT2D eigenvalue weighted by Crippen LogP contribution is 2.28. The lowest BCUT2D eigenvalue weighted by atomic mass is 9.97. The van der Waals surface area contributed by atoms with Crippen LogP contribution in [0.1, 0.15) is 48.9 Å². The molecule has 1 fully saturated rings. The number of amides is 1. The summed E-state index contributed by atoms with van der Waals surface area (Å²) in [6.07, 6.45) is 1.90. The van der Waals surface area contributed by atoms with Crippen molar-refractivity contribution in [1.82, 2.24) is 9.62 Å². The fourth-order valence-electron chi connectivity index (χ4n) is 3.92. The standard InChI is InChI=1S/C22H27ClN2O3S/c1-4-20(19-12-7-15(2)14-16(19)3)24-22(26)21-6-5-13-25(21)29(27,28)18-10-8-17(23)9-11-18/h7-12,14,20-21H,4-6,13H2,1-3H3,(H,24,26). The molecule has 5 nitrogen and oxygen atoms in total. The van der Waals surface area contributed by atoms with Gasteiger partial charge in [0.2, 0.25) is 15.9 Å². The number of nitrogens with one attached hydrogen (secondary N) is 1. The van der Waals surface area contributed by atoms with Crippen LogP contribution in [0.5, 0.6) is 0 Å². The summed E-state index contributed by atoms with van der Waals surface area (Å²) in [7, 11) is -3.76. The maximum atomic E-state index is 13.1. The van der Waals surface area contributed by atoms with Crippen molar-refractivity contribution in [3.63, 3.8) is 0 Å². The normalized spacial score (nSPS) is 18.6. The highest BCUT2D eigenvalue weighted by Gasteiger charge is 2.40. The Balaban J connectivity index is 1.81. The SMILES string of the molecule is CCC(NC(=O)C1CCCN1S(=O)(=O)c1ccc(Cl)cc1)c1ccc(C)cc1C. The van der Waals surface area contributed by atoms with Gasteiger partial charge in [-0.25, -0.2) is 8.42 Å². The zero-order valence-corrected chi connectivity index (χ0v) is 18.6. The minimum Gasteiger partial charge on any atom is -0.348 e. The van der Waals surface area contributed by atoms with E-state index in [9.17, 15) is 13.2 Å². The summed E-state index contributed by atoms with van der Waals surface area (Å²) >= 11 is 5.88. The summed E-state index contributed by atoms with van der Waals surface area (Å²) in [6, 6.07) is 11.4. The molecule has 7 heteroatoms. The number of nitrogens with zero attached hydrogens (tertiary/aromatic N) is 1. The number of carbonyl (C=O) groups is 1. The summed E-state index contributed by atoms with van der Waals surface area (Å²) in [6.45, 7) is 6.42. The summed E-state index contributed by atoms with van der Waals surface area (Å²) in [5.74, 6) is -0.244. The minimum absolute atomic E-state index is 0.149. The van der Waals surface area contributed by atoms with Crippen molar-refractivity contribution in [2.75, 3.05) is 6.54 Å². The Morgan fingerprint density at radius 1 is 1.21 bits per heavy atom. The van der Waals surface area contributed by atoms with Crippen molar-refractivity contribution in [3.8, 4) is 0 Å². The predicted molar refractivity (Wildman–Crippen MR) is 115 cm³/mol. The van der Waals surface area contributed by atoms with Gasteiger partial charge in [-0.3, -0.25) is 4.79 Å². The van der Waals surface area contributed by atoms with Crippen molar-refractivity contribution in [2.45, 2.75) is 57.0 Å². The van der Waals surface area contributed by atoms with E-state index in [4.69, 9.17) is 11.6 Å². The van der Waals surface area contributed by atoms with Crippen molar-refractivity contribution >= 4 is 27.5 Å². The van der Waals surface area contributed by atoms with Crippen LogP contribution in [0.2, 0.25) is 5.02 Å². The molecular weight excluding hydrogens is 408 g/mol. The molecular formula is C22H27ClN2O3S. The average Bonchev–Trinajstić information content (AvgIpc) is 3.18. The highest BCUT2D eigenvalue weighted by molar-refractivity contribution is 7.89. The van der Waals surface area contributed by atoms with Crippen LogP contribution in [-0.2, 0) is 14.8 Å². The lowest BCUT2D eigenvalue weighted by Gasteiger charge is -2.26. The summed E-state index contributed by atoms with van der Waals surface area (Å²) in [4.78, 5) is 13.2. The van der Waals surface area contributed by atoms with Crippen LogP contribution in [0, 0.1) is 13.8 Å². The van der Waals surface area contributed by atoms with Crippen LogP contribution < -0.4 is 5.32 Å². The first kappa shape index (κ1) is 21.8. The monoisotopic (exact) mass is 434 g/mol. The van der Waals surface area contributed by atoms with E-state index in [1.54, 1.807) is 12.1 Å². The van der Waals surface area contributed by atoms with Crippen molar-refractivity contribution in [2.24, 2.45) is 0 Å². The lowest BCUT2D eigenvalue weighted by Crippen LogP contribution is -2.46. The van der Waals surface area contributed by atoms with E-state index in [0.717, 1.165) is 17.5 Å². The molecule has 3 rings (SSSR count). The minimum atomic E-state index is -3.76. The van der Waals surface area contributed by atoms with Gasteiger partial charge < -0.3 is 5.32 Å². The van der Waals surface area contributed by atoms with E-state index >= 15 is 0 Å². The molecule has 0 bridgehead atoms. The number of halogens is 1. The Labute approximate surface area is 178 Å². The molecule has 1 aliphatic rings. The predicted octanol–water partition coefficient (Wildman–Crippen LogP) is 4.38. The van der Waals surface area contributed by atoms with Gasteiger partial charge in [0.15, 0.2) is 0 Å². The topological polar surface area (TPSA) is 66.5 Å². The van der Waals surface area contributed by atoms with Gasteiger partial charge in [0, 0.05) is 11.6 Å². The molecule has 1 amide bonds. The first-order valence-electron chi connectivity index (χ1n) is 9.89. The van der Waals surface area contributed by atoms with Crippen molar-refractivity contribution in [1.29, 1.82) is 0 Å². The summed E-state index contributed by atoms with van der Waals surface area (Å²) < 4.78 is 27.5. The Kier molecular flexibility index (Phi) is 6.66. The average molecular weight is 435 g/mol. The Morgan fingerprint density at radius 2 is 1.90 bits per heavy atom. The molecule has 2 aromatic rings. The van der Waals surface area contributed by atoms with Gasteiger partial charge in [-0.05, 0) is 68.5 Å². The molecule has 1 saturated heterocycles. The second-order valence-electron chi connectivity index (χ2n) is 7.56. The van der Waals surface area contributed by atoms with Gasteiger partial charge in [-0.1, -0.05) is 42.3 Å². The van der Waals surface area contributed by atoms with E-state index in [1.165, 1.54) is 22.0 Å². The third kappa shape index (κ3) is 4.65. The molecule has 1 N–H and O–H groups in total. The molecule has 0 aromatic heterocycles. The molecule has 1 aliphatic heterocycles. The van der Waals surface area contributed by atoms with E-state index in [2.05, 4.69) is 11.4 Å². The Hall–Kier alpha value is -1.89. The zero-order chi connectivity index (χ0) is 21.2. The first-order chi connectivity index (χ1) is 13.7. The highest BCUT2D eigenvalue weighted by atomic mass is 35.5. The number of hydrogen-bond donors (Lipinski definition) is 1. The van der Waals surface area contributed by atoms with Gasteiger partial charge in [0.1, 0.15) is 6.04 Å². The number of hydrogen-bond acceptors (Lipinski definition) is 3. The molecule has 156 valence electrons. The summed E-state index contributed by atoms with van der Waals surface area (Å²) in [5, 5.41) is 3.55. The number of carbonyl (C=O) groups excluding carboxylic acids is 1. The van der Waals surface area contributed by atoms with Crippen LogP contribution >= 0.6 is 11.6 Å². The Bertz CT molecular complexity index is 990. The molecule has 29 heavy (non-hydrogen) atoms. The molecule has 1 heterocycles. The third-order valence-electron chi connectivity index (χ3n) is 5.45. The molecule has 2 atom stereocenters. The van der Waals surface area contributed by atoms with Crippen LogP contribution in [0.3, 0.4) is 0 Å². The van der Waals surface area contributed by atoms with Crippen LogP contribution in [-0.4, -0.2) is 31.2 Å². The smallest absolute Gasteiger partial charge is 0.243 e. The van der Waals surface area contributed by atoms with E-state index < -0.39 is 16.1 Å². The van der Waals surface area contributed by atoms with Crippen molar-refractivity contribution < 1.29 is 13.2 Å². The maximum absolute atomic E-state index is 13.1. The van der Waals surface area contributed by atoms with E-state index in [1.807, 2.05) is 32.9 Å². The van der Waals surface area contributed by atoms with Crippen molar-refractivity contribution in [3.05, 3.63) is 64.2 Å². The van der Waals surface area contributed by atoms with Crippen LogP contribution in [0.4, 0.5) is 0 Å². The summed E-state index contributed by atoms with van der Waals surface area (Å²) in [5.41, 5.74) is 3.36. The second kappa shape index (κ2) is 8.86. The molecule has 0 aliphatic carbocycles. The third-order valence-corrected chi connectivity index (χ3v) is 7.63. The zero-order valence-electron chi connectivity index (χ0n) is 17.0. The first-order valence-corrected chi connectivity index (χ1v) is 11.7.